The van der Waals surface area contributed by atoms with Gasteiger partial charge in [-0.1, -0.05) is 12.8 Å². The van der Waals surface area contributed by atoms with Crippen LogP contribution < -0.4 is 10.1 Å². The SMILES string of the molecule is CCOc1ccc(NC(=O)CCN(C)CC2(O)CCCC2)cc1. The van der Waals surface area contributed by atoms with Gasteiger partial charge in [0.15, 0.2) is 0 Å². The smallest absolute Gasteiger partial charge is 0.225 e. The van der Waals surface area contributed by atoms with Gasteiger partial charge >= 0.3 is 0 Å². The van der Waals surface area contributed by atoms with Crippen molar-refractivity contribution in [2.75, 3.05) is 32.1 Å². The monoisotopic (exact) mass is 320 g/mol. The molecule has 1 fully saturated rings. The largest absolute Gasteiger partial charge is 0.494 e. The van der Waals surface area contributed by atoms with Gasteiger partial charge in [0.1, 0.15) is 5.75 Å². The summed E-state index contributed by atoms with van der Waals surface area (Å²) in [6, 6.07) is 7.38. The highest BCUT2D eigenvalue weighted by molar-refractivity contribution is 5.90. The minimum atomic E-state index is -0.555. The standard InChI is InChI=1S/C18H28N2O3/c1-3-23-16-8-6-15(7-9-16)19-17(21)10-13-20(2)14-18(22)11-4-5-12-18/h6-9,22H,3-5,10-14H2,1-2H3,(H,19,21). The van der Waals surface area contributed by atoms with E-state index >= 15 is 0 Å². The fourth-order valence-corrected chi connectivity index (χ4v) is 3.09. The molecule has 1 saturated carbocycles. The van der Waals surface area contributed by atoms with E-state index in [1.807, 2.05) is 43.1 Å². The van der Waals surface area contributed by atoms with Gasteiger partial charge in [-0.25, -0.2) is 0 Å². The summed E-state index contributed by atoms with van der Waals surface area (Å²) in [6.45, 7) is 3.85. The molecule has 1 aromatic rings. The van der Waals surface area contributed by atoms with E-state index in [0.29, 0.717) is 26.1 Å². The maximum Gasteiger partial charge on any atom is 0.225 e. The fraction of sp³-hybridized carbons (Fsp3) is 0.611. The lowest BCUT2D eigenvalue weighted by Gasteiger charge is -2.28. The lowest BCUT2D eigenvalue weighted by molar-refractivity contribution is -0.116. The molecule has 128 valence electrons. The second kappa shape index (κ2) is 8.31. The fourth-order valence-electron chi connectivity index (χ4n) is 3.09. The van der Waals surface area contributed by atoms with Crippen molar-refractivity contribution < 1.29 is 14.6 Å². The summed E-state index contributed by atoms with van der Waals surface area (Å²) in [6.07, 6.45) is 4.36. The van der Waals surface area contributed by atoms with Crippen molar-refractivity contribution in [2.45, 2.75) is 44.6 Å². The predicted octanol–water partition coefficient (Wildman–Crippen LogP) is 2.65. The lowest BCUT2D eigenvalue weighted by Crippen LogP contribution is -2.40. The Kier molecular flexibility index (Phi) is 6.42. The number of nitrogens with zero attached hydrogens (tertiary/aromatic N) is 1. The Morgan fingerprint density at radius 1 is 1.30 bits per heavy atom. The Labute approximate surface area is 138 Å². The first-order valence-corrected chi connectivity index (χ1v) is 8.44. The number of carbonyl (C=O) groups is 1. The Bertz CT molecular complexity index is 495. The summed E-state index contributed by atoms with van der Waals surface area (Å²) in [5, 5.41) is 13.3. The number of anilines is 1. The van der Waals surface area contributed by atoms with E-state index in [2.05, 4.69) is 5.32 Å². The van der Waals surface area contributed by atoms with Gasteiger partial charge in [-0.2, -0.15) is 0 Å². The molecule has 1 amide bonds. The van der Waals surface area contributed by atoms with Gasteiger partial charge in [0, 0.05) is 25.2 Å². The third kappa shape index (κ3) is 5.84. The minimum absolute atomic E-state index is 0.0144. The number of nitrogens with one attached hydrogen (secondary N) is 1. The van der Waals surface area contributed by atoms with Crippen molar-refractivity contribution in [3.63, 3.8) is 0 Å². The molecule has 0 radical (unpaired) electrons. The van der Waals surface area contributed by atoms with Crippen molar-refractivity contribution in [3.8, 4) is 5.75 Å². The van der Waals surface area contributed by atoms with Crippen LogP contribution in [-0.2, 0) is 4.79 Å². The molecule has 0 unspecified atom stereocenters. The average Bonchev–Trinajstić information content (AvgIpc) is 2.94. The molecule has 0 spiro atoms. The van der Waals surface area contributed by atoms with Gasteiger partial charge in [0.25, 0.3) is 0 Å². The highest BCUT2D eigenvalue weighted by Crippen LogP contribution is 2.29. The van der Waals surface area contributed by atoms with Crippen molar-refractivity contribution in [1.29, 1.82) is 0 Å². The summed E-state index contributed by atoms with van der Waals surface area (Å²) in [5.74, 6) is 0.787. The first kappa shape index (κ1) is 17.8. The summed E-state index contributed by atoms with van der Waals surface area (Å²) >= 11 is 0. The molecule has 5 heteroatoms. The van der Waals surface area contributed by atoms with Gasteiger partial charge in [-0.15, -0.1) is 0 Å². The molecule has 0 saturated heterocycles. The summed E-state index contributed by atoms with van der Waals surface area (Å²) in [5.41, 5.74) is 0.218. The molecule has 0 atom stereocenters. The van der Waals surface area contributed by atoms with Crippen LogP contribution in [-0.4, -0.2) is 48.3 Å². The third-order valence-electron chi connectivity index (χ3n) is 4.27. The quantitative estimate of drug-likeness (QED) is 0.773. The van der Waals surface area contributed by atoms with Crippen LogP contribution in [0.1, 0.15) is 39.0 Å². The number of ether oxygens (including phenoxy) is 1. The Morgan fingerprint density at radius 3 is 2.57 bits per heavy atom. The van der Waals surface area contributed by atoms with Crippen LogP contribution in [0.5, 0.6) is 5.75 Å². The van der Waals surface area contributed by atoms with E-state index in [1.54, 1.807) is 0 Å². The number of carbonyl (C=O) groups excluding carboxylic acids is 1. The molecule has 5 nitrogen and oxygen atoms in total. The number of benzene rings is 1. The molecule has 23 heavy (non-hydrogen) atoms. The van der Waals surface area contributed by atoms with Crippen molar-refractivity contribution in [2.24, 2.45) is 0 Å². The molecule has 1 aromatic carbocycles. The van der Waals surface area contributed by atoms with Crippen LogP contribution in [0, 0.1) is 0 Å². The van der Waals surface area contributed by atoms with Crippen molar-refractivity contribution in [3.05, 3.63) is 24.3 Å². The number of hydrogen-bond acceptors (Lipinski definition) is 4. The van der Waals surface area contributed by atoms with E-state index in [-0.39, 0.29) is 5.91 Å². The first-order chi connectivity index (χ1) is 11.0. The average molecular weight is 320 g/mol. The molecule has 0 aliphatic heterocycles. The van der Waals surface area contributed by atoms with Crippen LogP contribution in [0.25, 0.3) is 0 Å². The molecular weight excluding hydrogens is 292 g/mol. The summed E-state index contributed by atoms with van der Waals surface area (Å²) < 4.78 is 5.37. The van der Waals surface area contributed by atoms with Crippen molar-refractivity contribution >= 4 is 11.6 Å². The van der Waals surface area contributed by atoms with Crippen molar-refractivity contribution in [1.82, 2.24) is 4.90 Å². The molecule has 2 N–H and O–H groups in total. The lowest BCUT2D eigenvalue weighted by atomic mass is 10.0. The normalized spacial score (nSPS) is 16.5. The number of aliphatic hydroxyl groups is 1. The zero-order chi connectivity index (χ0) is 16.7. The number of rotatable bonds is 8. The maximum absolute atomic E-state index is 12.0. The van der Waals surface area contributed by atoms with E-state index < -0.39 is 5.60 Å². The molecule has 2 rings (SSSR count). The van der Waals surface area contributed by atoms with E-state index in [1.165, 1.54) is 0 Å². The van der Waals surface area contributed by atoms with Crippen LogP contribution in [0.15, 0.2) is 24.3 Å². The van der Waals surface area contributed by atoms with Crippen LogP contribution >= 0.6 is 0 Å². The Hall–Kier alpha value is -1.59. The molecule has 0 aromatic heterocycles. The predicted molar refractivity (Wildman–Crippen MR) is 91.8 cm³/mol. The van der Waals surface area contributed by atoms with E-state index in [0.717, 1.165) is 37.1 Å². The van der Waals surface area contributed by atoms with E-state index in [9.17, 15) is 9.90 Å². The topological polar surface area (TPSA) is 61.8 Å². The molecule has 1 aliphatic rings. The first-order valence-electron chi connectivity index (χ1n) is 8.44. The zero-order valence-electron chi connectivity index (χ0n) is 14.2. The highest BCUT2D eigenvalue weighted by atomic mass is 16.5. The second-order valence-corrected chi connectivity index (χ2v) is 6.42. The van der Waals surface area contributed by atoms with Crippen LogP contribution in [0.2, 0.25) is 0 Å². The molecule has 0 heterocycles. The highest BCUT2D eigenvalue weighted by Gasteiger charge is 2.32. The van der Waals surface area contributed by atoms with Gasteiger partial charge in [-0.3, -0.25) is 4.79 Å². The Balaban J connectivity index is 1.71. The third-order valence-corrected chi connectivity index (χ3v) is 4.27. The van der Waals surface area contributed by atoms with E-state index in [4.69, 9.17) is 4.74 Å². The number of amides is 1. The summed E-state index contributed by atoms with van der Waals surface area (Å²) in [4.78, 5) is 14.1. The Morgan fingerprint density at radius 2 is 1.96 bits per heavy atom. The van der Waals surface area contributed by atoms with Gasteiger partial charge in [0.2, 0.25) is 5.91 Å². The van der Waals surface area contributed by atoms with Gasteiger partial charge in [0.05, 0.1) is 12.2 Å². The molecule has 0 bridgehead atoms. The van der Waals surface area contributed by atoms with Gasteiger partial charge in [-0.05, 0) is 51.1 Å². The zero-order valence-corrected chi connectivity index (χ0v) is 14.2. The number of hydrogen-bond donors (Lipinski definition) is 2. The second-order valence-electron chi connectivity index (χ2n) is 6.42. The summed E-state index contributed by atoms with van der Waals surface area (Å²) in [7, 11) is 1.96. The van der Waals surface area contributed by atoms with Crippen LogP contribution in [0.4, 0.5) is 5.69 Å². The minimum Gasteiger partial charge on any atom is -0.494 e. The maximum atomic E-state index is 12.0. The van der Waals surface area contributed by atoms with Gasteiger partial charge < -0.3 is 20.1 Å². The van der Waals surface area contributed by atoms with Crippen LogP contribution in [0.3, 0.4) is 0 Å². The number of likely N-dealkylation sites (N-methyl/N-ethyl adjacent to an activating group) is 1. The molecule has 1 aliphatic carbocycles. The molecular formula is C18H28N2O3.